The van der Waals surface area contributed by atoms with Gasteiger partial charge in [-0.3, -0.25) is 18.6 Å². The topological polar surface area (TPSA) is 108 Å². The third-order valence-corrected chi connectivity index (χ3v) is 11.3. The fourth-order valence-corrected chi connectivity index (χ4v) is 7.06. The molecular weight excluding hydrogens is 846 g/mol. The molecule has 0 aromatic rings. The first kappa shape index (κ1) is 62.7. The highest BCUT2D eigenvalue weighted by atomic mass is 31.2. The van der Waals surface area contributed by atoms with Gasteiger partial charge in [-0.1, -0.05) is 175 Å². The second-order valence-electron chi connectivity index (χ2n) is 17.8. The first-order chi connectivity index (χ1) is 32.0. The average molecular weight is 941 g/mol. The number of nitrogens with zero attached hydrogens (tertiary/aromatic N) is 1. The summed E-state index contributed by atoms with van der Waals surface area (Å²) in [5, 5.41) is 0. The smallest absolute Gasteiger partial charge is 0.462 e. The molecule has 0 aliphatic heterocycles. The molecule has 0 aromatic heterocycles. The molecule has 0 aliphatic carbocycles. The standard InChI is InChI=1S/C56H94NO8P/c1-6-8-10-12-14-16-18-20-22-24-26-27-28-29-31-33-35-37-39-41-43-45-47-49-56(59)65-54(53-64-66(60,61)63-51-50-57(3,4)5)52-62-55(58)48-46-44-42-40-38-36-34-32-30-25-23-21-19-17-15-13-11-9-7-2/h8,10,14-17,20-23,26-27,29-32,35,37,54H,6-7,9,11-13,18-19,24-25,28,33-34,36,38-53H2,1-5H3/p+1/b10-8-,16-14-,17-15-,22-20-,23-21-,27-26-,31-29-,32-30-,37-35-. The Balaban J connectivity index is 4.38. The van der Waals surface area contributed by atoms with E-state index in [-0.39, 0.29) is 26.1 Å². The van der Waals surface area contributed by atoms with Crippen LogP contribution in [0.1, 0.15) is 181 Å². The van der Waals surface area contributed by atoms with Crippen molar-refractivity contribution < 1.29 is 42.1 Å². The number of ether oxygens (including phenoxy) is 2. The Morgan fingerprint density at radius 1 is 0.485 bits per heavy atom. The van der Waals surface area contributed by atoms with E-state index in [0.717, 1.165) is 109 Å². The van der Waals surface area contributed by atoms with Crippen LogP contribution in [0.2, 0.25) is 0 Å². The fourth-order valence-electron chi connectivity index (χ4n) is 6.32. The SMILES string of the molecule is CC/C=C\C/C=C\C/C=C\C/C=C\C/C=C\C/C=C\CCCCCCC(=O)OC(COC(=O)CCCCCCCC/C=C\C/C=C\C/C=C\CCCCC)COP(=O)(O)OCC[N+](C)(C)C. The fraction of sp³-hybridized carbons (Fsp3) is 0.643. The van der Waals surface area contributed by atoms with Crippen LogP contribution in [-0.4, -0.2) is 74.9 Å². The Labute approximate surface area is 404 Å². The van der Waals surface area contributed by atoms with Gasteiger partial charge in [0.2, 0.25) is 0 Å². The Hall–Kier alpha value is -3.33. The van der Waals surface area contributed by atoms with E-state index >= 15 is 0 Å². The quantitative estimate of drug-likeness (QED) is 0.0211. The van der Waals surface area contributed by atoms with Crippen molar-refractivity contribution in [3.63, 3.8) is 0 Å². The lowest BCUT2D eigenvalue weighted by atomic mass is 10.1. The van der Waals surface area contributed by atoms with Crippen molar-refractivity contribution >= 4 is 19.8 Å². The van der Waals surface area contributed by atoms with Crippen molar-refractivity contribution in [2.24, 2.45) is 0 Å². The van der Waals surface area contributed by atoms with E-state index < -0.39 is 32.5 Å². The Morgan fingerprint density at radius 2 is 0.864 bits per heavy atom. The van der Waals surface area contributed by atoms with Crippen LogP contribution in [0.5, 0.6) is 0 Å². The van der Waals surface area contributed by atoms with Gasteiger partial charge in [0.05, 0.1) is 27.7 Å². The molecule has 66 heavy (non-hydrogen) atoms. The van der Waals surface area contributed by atoms with E-state index in [1.54, 1.807) is 0 Å². The molecule has 0 spiro atoms. The molecule has 0 radical (unpaired) electrons. The highest BCUT2D eigenvalue weighted by Gasteiger charge is 2.27. The van der Waals surface area contributed by atoms with E-state index in [1.807, 2.05) is 21.1 Å². The van der Waals surface area contributed by atoms with Crippen molar-refractivity contribution in [2.45, 2.75) is 187 Å². The second kappa shape index (κ2) is 46.8. The van der Waals surface area contributed by atoms with Crippen LogP contribution >= 0.6 is 7.82 Å². The first-order valence-corrected chi connectivity index (χ1v) is 27.1. The van der Waals surface area contributed by atoms with E-state index in [0.29, 0.717) is 23.9 Å². The van der Waals surface area contributed by atoms with Crippen LogP contribution in [0.25, 0.3) is 0 Å². The number of allylic oxidation sites excluding steroid dienone is 18. The average Bonchev–Trinajstić information content (AvgIpc) is 3.27. The summed E-state index contributed by atoms with van der Waals surface area (Å²) in [5.74, 6) is -0.851. The minimum atomic E-state index is -4.40. The van der Waals surface area contributed by atoms with Gasteiger partial charge in [-0.25, -0.2) is 4.57 Å². The summed E-state index contributed by atoms with van der Waals surface area (Å²) in [6.45, 7) is 4.22. The zero-order valence-corrected chi connectivity index (χ0v) is 43.3. The molecule has 0 saturated carbocycles. The Bertz CT molecular complexity index is 1480. The molecule has 9 nitrogen and oxygen atoms in total. The molecule has 0 saturated heterocycles. The number of phosphoric ester groups is 1. The molecule has 10 heteroatoms. The largest absolute Gasteiger partial charge is 0.472 e. The highest BCUT2D eigenvalue weighted by Crippen LogP contribution is 2.43. The number of hydrogen-bond donors (Lipinski definition) is 1. The van der Waals surface area contributed by atoms with Crippen LogP contribution in [0.15, 0.2) is 109 Å². The monoisotopic (exact) mass is 941 g/mol. The Morgan fingerprint density at radius 3 is 1.29 bits per heavy atom. The van der Waals surface area contributed by atoms with Crippen molar-refractivity contribution in [1.82, 2.24) is 0 Å². The summed E-state index contributed by atoms with van der Waals surface area (Å²) >= 11 is 0. The third-order valence-electron chi connectivity index (χ3n) is 10.3. The first-order valence-electron chi connectivity index (χ1n) is 25.6. The number of rotatable bonds is 45. The van der Waals surface area contributed by atoms with Gasteiger partial charge in [0, 0.05) is 12.8 Å². The second-order valence-corrected chi connectivity index (χ2v) is 19.3. The molecule has 0 rings (SSSR count). The van der Waals surface area contributed by atoms with E-state index in [2.05, 4.69) is 123 Å². The van der Waals surface area contributed by atoms with Crippen LogP contribution in [0.3, 0.4) is 0 Å². The van der Waals surface area contributed by atoms with E-state index in [4.69, 9.17) is 18.5 Å². The van der Waals surface area contributed by atoms with Crippen molar-refractivity contribution in [2.75, 3.05) is 47.5 Å². The predicted octanol–water partition coefficient (Wildman–Crippen LogP) is 15.5. The number of likely N-dealkylation sites (N-methyl/N-ethyl adjacent to an activating group) is 1. The van der Waals surface area contributed by atoms with Crippen molar-refractivity contribution in [3.05, 3.63) is 109 Å². The molecule has 0 aliphatic rings. The molecule has 0 fully saturated rings. The molecule has 376 valence electrons. The lowest BCUT2D eigenvalue weighted by Gasteiger charge is -2.24. The number of carbonyl (C=O) groups excluding carboxylic acids is 2. The van der Waals surface area contributed by atoms with Gasteiger partial charge in [-0.15, -0.1) is 0 Å². The zero-order chi connectivity index (χ0) is 48.5. The highest BCUT2D eigenvalue weighted by molar-refractivity contribution is 7.47. The lowest BCUT2D eigenvalue weighted by Crippen LogP contribution is -2.37. The minimum absolute atomic E-state index is 0.0173. The summed E-state index contributed by atoms with van der Waals surface area (Å²) in [6, 6.07) is 0. The summed E-state index contributed by atoms with van der Waals surface area (Å²) in [6.07, 6.45) is 64.2. The predicted molar refractivity (Wildman–Crippen MR) is 279 cm³/mol. The van der Waals surface area contributed by atoms with Crippen molar-refractivity contribution in [1.29, 1.82) is 0 Å². The summed E-state index contributed by atoms with van der Waals surface area (Å²) in [5.41, 5.74) is 0. The minimum Gasteiger partial charge on any atom is -0.462 e. The molecule has 0 amide bonds. The summed E-state index contributed by atoms with van der Waals surface area (Å²) in [7, 11) is 1.43. The third kappa shape index (κ3) is 50.1. The number of unbranched alkanes of at least 4 members (excludes halogenated alkanes) is 13. The maximum Gasteiger partial charge on any atom is 0.472 e. The van der Waals surface area contributed by atoms with Crippen LogP contribution in [0, 0.1) is 0 Å². The van der Waals surface area contributed by atoms with Gasteiger partial charge < -0.3 is 18.9 Å². The van der Waals surface area contributed by atoms with E-state index in [9.17, 15) is 19.0 Å². The molecular formula is C56H95NO8P+. The lowest BCUT2D eigenvalue weighted by molar-refractivity contribution is -0.870. The normalized spacial score (nSPS) is 14.3. The van der Waals surface area contributed by atoms with Gasteiger partial charge in [0.1, 0.15) is 19.8 Å². The van der Waals surface area contributed by atoms with Crippen molar-refractivity contribution in [3.8, 4) is 0 Å². The van der Waals surface area contributed by atoms with Gasteiger partial charge in [0.15, 0.2) is 6.10 Å². The van der Waals surface area contributed by atoms with Gasteiger partial charge in [0.25, 0.3) is 0 Å². The maximum atomic E-state index is 12.8. The number of quaternary nitrogens is 1. The zero-order valence-electron chi connectivity index (χ0n) is 42.4. The van der Waals surface area contributed by atoms with Gasteiger partial charge >= 0.3 is 19.8 Å². The molecule has 0 heterocycles. The number of hydrogen-bond acceptors (Lipinski definition) is 7. The number of esters is 2. The molecule has 0 bridgehead atoms. The summed E-state index contributed by atoms with van der Waals surface area (Å²) in [4.78, 5) is 35.6. The number of carbonyl (C=O) groups is 2. The van der Waals surface area contributed by atoms with Crippen LogP contribution in [0.4, 0.5) is 0 Å². The number of phosphoric acid groups is 1. The van der Waals surface area contributed by atoms with Crippen LogP contribution < -0.4 is 0 Å². The van der Waals surface area contributed by atoms with Crippen LogP contribution in [-0.2, 0) is 32.7 Å². The molecule has 2 unspecified atom stereocenters. The van der Waals surface area contributed by atoms with Gasteiger partial charge in [-0.2, -0.15) is 0 Å². The molecule has 0 aromatic carbocycles. The molecule has 2 atom stereocenters. The Kier molecular flexibility index (Phi) is 44.4. The maximum absolute atomic E-state index is 12.8. The van der Waals surface area contributed by atoms with E-state index in [1.165, 1.54) is 32.1 Å². The molecule has 1 N–H and O–H groups in total. The van der Waals surface area contributed by atoms with Gasteiger partial charge in [-0.05, 0) is 103 Å². The summed E-state index contributed by atoms with van der Waals surface area (Å²) < 4.78 is 34.4.